The van der Waals surface area contributed by atoms with Crippen LogP contribution in [0.4, 0.5) is 0 Å². The molecule has 0 aromatic rings. The Morgan fingerprint density at radius 1 is 1.15 bits per heavy atom. The lowest BCUT2D eigenvalue weighted by Gasteiger charge is -2.45. The molecular weight excluding hydrogens is 246 g/mol. The molecule has 2 bridgehead atoms. The average molecular weight is 279 g/mol. The number of piperazine rings is 1. The molecule has 3 heteroatoms. The van der Waals surface area contributed by atoms with Gasteiger partial charge in [0.25, 0.3) is 0 Å². The van der Waals surface area contributed by atoms with Gasteiger partial charge in [-0.1, -0.05) is 20.8 Å². The Bertz CT molecular complexity index is 362. The summed E-state index contributed by atoms with van der Waals surface area (Å²) in [6.45, 7) is 12.3. The maximum absolute atomic E-state index is 4.00. The van der Waals surface area contributed by atoms with Gasteiger partial charge in [-0.2, -0.15) is 0 Å². The molecule has 3 nitrogen and oxygen atoms in total. The van der Waals surface area contributed by atoms with Gasteiger partial charge in [0.05, 0.1) is 0 Å². The number of rotatable bonds is 3. The summed E-state index contributed by atoms with van der Waals surface area (Å²) < 4.78 is 0. The summed E-state index contributed by atoms with van der Waals surface area (Å²) in [5, 5.41) is 4.00. The van der Waals surface area contributed by atoms with Gasteiger partial charge in [-0.25, -0.2) is 0 Å². The Hall–Kier alpha value is -0.120. The van der Waals surface area contributed by atoms with Crippen molar-refractivity contribution < 1.29 is 0 Å². The van der Waals surface area contributed by atoms with E-state index in [2.05, 4.69) is 50.0 Å². The van der Waals surface area contributed by atoms with Crippen LogP contribution in [0.15, 0.2) is 0 Å². The highest BCUT2D eigenvalue weighted by Gasteiger charge is 2.59. The lowest BCUT2D eigenvalue weighted by Crippen LogP contribution is -2.58. The van der Waals surface area contributed by atoms with Crippen LogP contribution in [0.2, 0.25) is 0 Å². The Kier molecular flexibility index (Phi) is 3.67. The maximum atomic E-state index is 4.00. The highest BCUT2D eigenvalue weighted by molar-refractivity contribution is 5.12. The highest BCUT2D eigenvalue weighted by Crippen LogP contribution is 2.62. The Morgan fingerprint density at radius 3 is 2.55 bits per heavy atom. The van der Waals surface area contributed by atoms with Crippen LogP contribution in [-0.4, -0.2) is 62.2 Å². The van der Waals surface area contributed by atoms with E-state index in [-0.39, 0.29) is 0 Å². The lowest BCUT2D eigenvalue weighted by atomic mass is 9.68. The van der Waals surface area contributed by atoms with Crippen LogP contribution in [0.1, 0.15) is 40.0 Å². The van der Waals surface area contributed by atoms with Crippen molar-refractivity contribution in [1.82, 2.24) is 15.1 Å². The highest BCUT2D eigenvalue weighted by atomic mass is 15.3. The van der Waals surface area contributed by atoms with Crippen LogP contribution in [0.3, 0.4) is 0 Å². The summed E-state index contributed by atoms with van der Waals surface area (Å²) in [6, 6.07) is 1.38. The molecule has 0 radical (unpaired) electrons. The van der Waals surface area contributed by atoms with Gasteiger partial charge in [-0.05, 0) is 50.1 Å². The predicted octanol–water partition coefficient (Wildman–Crippen LogP) is 2.04. The molecule has 0 aromatic carbocycles. The third-order valence-corrected chi connectivity index (χ3v) is 6.81. The molecule has 0 amide bonds. The molecular formula is C17H33N3. The molecule has 3 fully saturated rings. The first-order chi connectivity index (χ1) is 9.33. The molecule has 0 spiro atoms. The molecule has 0 aromatic heterocycles. The summed E-state index contributed by atoms with van der Waals surface area (Å²) in [7, 11) is 4.54. The summed E-state index contributed by atoms with van der Waals surface area (Å²) in [6.07, 6.45) is 4.32. The predicted molar refractivity (Wildman–Crippen MR) is 84.9 cm³/mol. The van der Waals surface area contributed by atoms with Gasteiger partial charge in [-0.15, -0.1) is 0 Å². The standard InChI is InChI=1S/C17H33N3/c1-16(2)13-6-7-17(3,10-13)15(16)18-11-14-12-19(4)8-9-20(14)5/h13-15,18H,6-12H2,1-5H3. The fraction of sp³-hybridized carbons (Fsp3) is 1.00. The molecule has 2 saturated carbocycles. The Balaban J connectivity index is 1.63. The van der Waals surface area contributed by atoms with Crippen molar-refractivity contribution in [1.29, 1.82) is 0 Å². The van der Waals surface area contributed by atoms with Gasteiger partial charge in [0.1, 0.15) is 0 Å². The van der Waals surface area contributed by atoms with E-state index in [4.69, 9.17) is 0 Å². The molecule has 116 valence electrons. The second-order valence-electron chi connectivity index (χ2n) is 8.65. The van der Waals surface area contributed by atoms with E-state index in [1.54, 1.807) is 0 Å². The smallest absolute Gasteiger partial charge is 0.0345 e. The fourth-order valence-electron chi connectivity index (χ4n) is 5.39. The van der Waals surface area contributed by atoms with Crippen molar-refractivity contribution in [3.63, 3.8) is 0 Å². The number of hydrogen-bond donors (Lipinski definition) is 1. The van der Waals surface area contributed by atoms with Crippen LogP contribution in [0.5, 0.6) is 0 Å². The van der Waals surface area contributed by atoms with E-state index in [0.717, 1.165) is 12.5 Å². The summed E-state index contributed by atoms with van der Waals surface area (Å²) in [4.78, 5) is 5.01. The minimum absolute atomic E-state index is 0.478. The van der Waals surface area contributed by atoms with E-state index >= 15 is 0 Å². The Morgan fingerprint density at radius 2 is 1.90 bits per heavy atom. The number of nitrogens with one attached hydrogen (secondary N) is 1. The lowest BCUT2D eigenvalue weighted by molar-refractivity contribution is 0.0771. The first-order valence-corrected chi connectivity index (χ1v) is 8.45. The SMILES string of the molecule is CN1CCN(C)C(CNC2C3(C)CCC(C3)C2(C)C)C1. The molecule has 4 atom stereocenters. The molecule has 1 N–H and O–H groups in total. The summed E-state index contributed by atoms with van der Waals surface area (Å²) >= 11 is 0. The van der Waals surface area contributed by atoms with E-state index in [9.17, 15) is 0 Å². The van der Waals surface area contributed by atoms with Crippen LogP contribution >= 0.6 is 0 Å². The zero-order chi connectivity index (χ0) is 14.5. The van der Waals surface area contributed by atoms with Gasteiger partial charge in [0.15, 0.2) is 0 Å². The zero-order valence-corrected chi connectivity index (χ0v) is 14.1. The largest absolute Gasteiger partial charge is 0.311 e. The van der Waals surface area contributed by atoms with E-state index < -0.39 is 0 Å². The van der Waals surface area contributed by atoms with Crippen LogP contribution in [0, 0.1) is 16.7 Å². The van der Waals surface area contributed by atoms with Crippen LogP contribution in [-0.2, 0) is 0 Å². The second kappa shape index (κ2) is 4.96. The zero-order valence-electron chi connectivity index (χ0n) is 14.1. The van der Waals surface area contributed by atoms with Crippen molar-refractivity contribution in [2.24, 2.45) is 16.7 Å². The molecule has 3 rings (SSSR count). The van der Waals surface area contributed by atoms with Crippen LogP contribution in [0.25, 0.3) is 0 Å². The number of hydrogen-bond acceptors (Lipinski definition) is 3. The topological polar surface area (TPSA) is 18.5 Å². The molecule has 1 saturated heterocycles. The third-order valence-electron chi connectivity index (χ3n) is 6.81. The number of nitrogens with zero attached hydrogens (tertiary/aromatic N) is 2. The van der Waals surface area contributed by atoms with Crippen molar-refractivity contribution in [3.05, 3.63) is 0 Å². The second-order valence-corrected chi connectivity index (χ2v) is 8.65. The monoisotopic (exact) mass is 279 g/mol. The summed E-state index contributed by atoms with van der Waals surface area (Å²) in [5.41, 5.74) is 1.03. The van der Waals surface area contributed by atoms with Crippen molar-refractivity contribution in [3.8, 4) is 0 Å². The first kappa shape index (κ1) is 14.8. The average Bonchev–Trinajstić information content (AvgIpc) is 2.84. The molecule has 3 aliphatic rings. The van der Waals surface area contributed by atoms with E-state index in [1.807, 2.05) is 0 Å². The van der Waals surface area contributed by atoms with Gasteiger partial charge < -0.3 is 10.2 Å². The van der Waals surface area contributed by atoms with Gasteiger partial charge in [-0.3, -0.25) is 4.90 Å². The summed E-state index contributed by atoms with van der Waals surface area (Å²) in [5.74, 6) is 0.941. The van der Waals surface area contributed by atoms with E-state index in [1.165, 1.54) is 38.9 Å². The molecule has 20 heavy (non-hydrogen) atoms. The fourth-order valence-corrected chi connectivity index (χ4v) is 5.39. The maximum Gasteiger partial charge on any atom is 0.0345 e. The van der Waals surface area contributed by atoms with Crippen molar-refractivity contribution in [2.45, 2.75) is 52.1 Å². The van der Waals surface area contributed by atoms with Crippen molar-refractivity contribution in [2.75, 3.05) is 40.3 Å². The number of fused-ring (bicyclic) bond motifs is 2. The normalized spacial score (nSPS) is 45.1. The van der Waals surface area contributed by atoms with Crippen molar-refractivity contribution >= 4 is 0 Å². The minimum Gasteiger partial charge on any atom is -0.311 e. The van der Waals surface area contributed by atoms with Gasteiger partial charge >= 0.3 is 0 Å². The van der Waals surface area contributed by atoms with Crippen LogP contribution < -0.4 is 5.32 Å². The first-order valence-electron chi connectivity index (χ1n) is 8.45. The molecule has 1 heterocycles. The minimum atomic E-state index is 0.478. The molecule has 1 aliphatic heterocycles. The molecule has 4 unspecified atom stereocenters. The quantitative estimate of drug-likeness (QED) is 0.853. The number of likely N-dealkylation sites (N-methyl/N-ethyl adjacent to an activating group) is 2. The Labute approximate surface area is 125 Å². The van der Waals surface area contributed by atoms with Gasteiger partial charge in [0, 0.05) is 38.3 Å². The van der Waals surface area contributed by atoms with E-state index in [0.29, 0.717) is 22.9 Å². The third kappa shape index (κ3) is 2.32. The molecule has 2 aliphatic carbocycles. The van der Waals surface area contributed by atoms with Gasteiger partial charge in [0.2, 0.25) is 0 Å².